The van der Waals surface area contributed by atoms with Gasteiger partial charge in [-0.25, -0.2) is 0 Å². The molecular formula is C25H21N5O3S. The van der Waals surface area contributed by atoms with Gasteiger partial charge in [0.15, 0.2) is 5.11 Å². The van der Waals surface area contributed by atoms with Crippen LogP contribution in [0.15, 0.2) is 91.3 Å². The van der Waals surface area contributed by atoms with Gasteiger partial charge in [0.25, 0.3) is 5.69 Å². The quantitative estimate of drug-likeness (QED) is 0.241. The number of nitrogens with one attached hydrogen (secondary N) is 1. The summed E-state index contributed by atoms with van der Waals surface area (Å²) in [6.45, 7) is 0. The molecule has 2 aromatic heterocycles. The number of methoxy groups -OCH3 is 1. The second-order valence-electron chi connectivity index (χ2n) is 7.77. The molecule has 3 heterocycles. The average molecular weight is 472 g/mol. The van der Waals surface area contributed by atoms with Crippen LogP contribution >= 0.6 is 12.2 Å². The molecule has 1 fully saturated rings. The Kier molecular flexibility index (Phi) is 5.69. The molecule has 0 bridgehead atoms. The Morgan fingerprint density at radius 2 is 1.85 bits per heavy atom. The first-order valence-corrected chi connectivity index (χ1v) is 11.0. The molecule has 0 unspecified atom stereocenters. The van der Waals surface area contributed by atoms with E-state index in [9.17, 15) is 10.1 Å². The fourth-order valence-corrected chi connectivity index (χ4v) is 4.65. The Morgan fingerprint density at radius 1 is 1.03 bits per heavy atom. The van der Waals surface area contributed by atoms with Gasteiger partial charge in [0.1, 0.15) is 11.8 Å². The van der Waals surface area contributed by atoms with Gasteiger partial charge in [-0.15, -0.1) is 0 Å². The molecule has 9 heteroatoms. The zero-order chi connectivity index (χ0) is 23.7. The van der Waals surface area contributed by atoms with E-state index in [0.717, 1.165) is 22.8 Å². The van der Waals surface area contributed by atoms with Crippen LogP contribution in [0, 0.1) is 10.1 Å². The fourth-order valence-electron chi connectivity index (χ4n) is 4.30. The molecule has 1 N–H and O–H groups in total. The van der Waals surface area contributed by atoms with Crippen molar-refractivity contribution in [1.29, 1.82) is 0 Å². The minimum absolute atomic E-state index is 0.0329. The maximum Gasteiger partial charge on any atom is 0.271 e. The van der Waals surface area contributed by atoms with Gasteiger partial charge in [-0.3, -0.25) is 15.1 Å². The van der Waals surface area contributed by atoms with Crippen LogP contribution in [0.5, 0.6) is 5.75 Å². The lowest BCUT2D eigenvalue weighted by Gasteiger charge is -2.29. The first-order valence-electron chi connectivity index (χ1n) is 10.6. The summed E-state index contributed by atoms with van der Waals surface area (Å²) >= 11 is 5.78. The van der Waals surface area contributed by atoms with E-state index in [-0.39, 0.29) is 22.7 Å². The normalized spacial score (nSPS) is 17.4. The molecule has 1 aliphatic heterocycles. The van der Waals surface area contributed by atoms with Gasteiger partial charge >= 0.3 is 0 Å². The first kappa shape index (κ1) is 21.6. The third-order valence-corrected chi connectivity index (χ3v) is 6.17. The van der Waals surface area contributed by atoms with Crippen LogP contribution in [-0.2, 0) is 0 Å². The number of aromatic nitrogens is 2. The minimum Gasteiger partial charge on any atom is -0.497 e. The topological polar surface area (TPSA) is 85.5 Å². The molecule has 0 saturated carbocycles. The first-order chi connectivity index (χ1) is 16.6. The molecule has 8 nitrogen and oxygen atoms in total. The van der Waals surface area contributed by atoms with Gasteiger partial charge < -0.3 is 19.5 Å². The Morgan fingerprint density at radius 3 is 2.56 bits per heavy atom. The zero-order valence-electron chi connectivity index (χ0n) is 18.2. The summed E-state index contributed by atoms with van der Waals surface area (Å²) < 4.78 is 7.28. The summed E-state index contributed by atoms with van der Waals surface area (Å²) in [5.41, 5.74) is 3.39. The molecule has 5 rings (SSSR count). The SMILES string of the molecule is COc1ccc(N2C(=S)N[C@H](c3ccccn3)[C@@H]2c2cccn2-c2cccc([N+](=O)[O-])c2)cc1. The van der Waals surface area contributed by atoms with E-state index in [1.807, 2.05) is 71.4 Å². The van der Waals surface area contributed by atoms with Crippen LogP contribution in [0.3, 0.4) is 0 Å². The lowest BCUT2D eigenvalue weighted by molar-refractivity contribution is -0.384. The molecule has 1 saturated heterocycles. The van der Waals surface area contributed by atoms with Gasteiger partial charge in [0, 0.05) is 35.9 Å². The van der Waals surface area contributed by atoms with E-state index >= 15 is 0 Å². The summed E-state index contributed by atoms with van der Waals surface area (Å²) in [6.07, 6.45) is 3.66. The van der Waals surface area contributed by atoms with Crippen molar-refractivity contribution in [2.45, 2.75) is 12.1 Å². The molecule has 0 radical (unpaired) electrons. The Bertz CT molecular complexity index is 1340. The summed E-state index contributed by atoms with van der Waals surface area (Å²) in [7, 11) is 1.63. The number of pyridine rings is 1. The molecule has 4 aromatic rings. The van der Waals surface area contributed by atoms with Crippen molar-refractivity contribution in [2.24, 2.45) is 0 Å². The second-order valence-corrected chi connectivity index (χ2v) is 8.16. The molecule has 170 valence electrons. The second kappa shape index (κ2) is 8.95. The lowest BCUT2D eigenvalue weighted by atomic mass is 10.0. The molecule has 2 aromatic carbocycles. The van der Waals surface area contributed by atoms with Crippen molar-refractivity contribution in [3.05, 3.63) is 113 Å². The number of anilines is 1. The summed E-state index contributed by atoms with van der Waals surface area (Å²) in [5, 5.41) is 15.4. The van der Waals surface area contributed by atoms with Crippen molar-refractivity contribution >= 4 is 28.7 Å². The Hall–Kier alpha value is -4.24. The van der Waals surface area contributed by atoms with Crippen molar-refractivity contribution in [3.63, 3.8) is 0 Å². The van der Waals surface area contributed by atoms with E-state index in [2.05, 4.69) is 15.2 Å². The number of hydrogen-bond acceptors (Lipinski definition) is 5. The van der Waals surface area contributed by atoms with E-state index in [1.165, 1.54) is 6.07 Å². The summed E-state index contributed by atoms with van der Waals surface area (Å²) in [4.78, 5) is 17.6. The minimum atomic E-state index is -0.390. The van der Waals surface area contributed by atoms with E-state index in [0.29, 0.717) is 10.8 Å². The number of rotatable bonds is 6. The number of nitrogens with zero attached hydrogens (tertiary/aromatic N) is 4. The third-order valence-electron chi connectivity index (χ3n) is 5.85. The maximum absolute atomic E-state index is 11.4. The van der Waals surface area contributed by atoms with Crippen molar-refractivity contribution in [2.75, 3.05) is 12.0 Å². The smallest absolute Gasteiger partial charge is 0.271 e. The fraction of sp³-hybridized carbons (Fsp3) is 0.120. The van der Waals surface area contributed by atoms with Crippen LogP contribution < -0.4 is 15.0 Å². The third kappa shape index (κ3) is 3.86. The highest BCUT2D eigenvalue weighted by atomic mass is 32.1. The Balaban J connectivity index is 1.65. The van der Waals surface area contributed by atoms with Gasteiger partial charge in [-0.05, 0) is 66.8 Å². The van der Waals surface area contributed by atoms with Crippen LogP contribution in [-0.4, -0.2) is 26.7 Å². The van der Waals surface area contributed by atoms with Gasteiger partial charge in [-0.1, -0.05) is 12.1 Å². The maximum atomic E-state index is 11.4. The monoisotopic (exact) mass is 471 g/mol. The highest BCUT2D eigenvalue weighted by Gasteiger charge is 2.42. The van der Waals surface area contributed by atoms with Crippen LogP contribution in [0.2, 0.25) is 0 Å². The number of ether oxygens (including phenoxy) is 1. The Labute approximate surface area is 201 Å². The van der Waals surface area contributed by atoms with E-state index in [1.54, 1.807) is 25.4 Å². The molecule has 2 atom stereocenters. The van der Waals surface area contributed by atoms with Gasteiger partial charge in [0.2, 0.25) is 0 Å². The number of hydrogen-bond donors (Lipinski definition) is 1. The molecule has 0 amide bonds. The molecule has 34 heavy (non-hydrogen) atoms. The zero-order valence-corrected chi connectivity index (χ0v) is 19.1. The number of nitro groups is 1. The van der Waals surface area contributed by atoms with Crippen molar-refractivity contribution in [1.82, 2.24) is 14.9 Å². The van der Waals surface area contributed by atoms with Gasteiger partial charge in [-0.2, -0.15) is 0 Å². The predicted octanol–water partition coefficient (Wildman–Crippen LogP) is 4.97. The standard InChI is InChI=1S/C25H21N5O3S/c1-33-20-12-10-17(11-13-20)29-24(23(27-25(29)34)21-8-2-3-14-26-21)22-9-5-15-28(22)18-6-4-7-19(16-18)30(31)32/h2-16,23-24H,1H3,(H,27,34)/t23-,24+/m1/s1. The van der Waals surface area contributed by atoms with Gasteiger partial charge in [0.05, 0.1) is 29.5 Å². The molecule has 0 spiro atoms. The largest absolute Gasteiger partial charge is 0.497 e. The van der Waals surface area contributed by atoms with Crippen molar-refractivity contribution < 1.29 is 9.66 Å². The number of non-ortho nitro benzene ring substituents is 1. The summed E-state index contributed by atoms with van der Waals surface area (Å²) in [5.74, 6) is 0.750. The predicted molar refractivity (Wildman–Crippen MR) is 133 cm³/mol. The molecule has 1 aliphatic rings. The highest BCUT2D eigenvalue weighted by Crippen LogP contribution is 2.42. The molecular weight excluding hydrogens is 450 g/mol. The van der Waals surface area contributed by atoms with E-state index < -0.39 is 0 Å². The molecule has 0 aliphatic carbocycles. The number of benzene rings is 2. The summed E-state index contributed by atoms with van der Waals surface area (Å²) in [6, 6.07) is 23.5. The van der Waals surface area contributed by atoms with Crippen LogP contribution in [0.1, 0.15) is 23.5 Å². The van der Waals surface area contributed by atoms with Crippen LogP contribution in [0.25, 0.3) is 5.69 Å². The van der Waals surface area contributed by atoms with E-state index in [4.69, 9.17) is 17.0 Å². The van der Waals surface area contributed by atoms with Crippen LogP contribution in [0.4, 0.5) is 11.4 Å². The number of thiocarbonyl (C=S) groups is 1. The average Bonchev–Trinajstić information content (AvgIpc) is 3.49. The highest BCUT2D eigenvalue weighted by molar-refractivity contribution is 7.80. The number of nitro benzene ring substituents is 1. The van der Waals surface area contributed by atoms with Crippen molar-refractivity contribution in [3.8, 4) is 11.4 Å². The lowest BCUT2D eigenvalue weighted by Crippen LogP contribution is -2.30.